The molecule has 0 radical (unpaired) electrons. The minimum absolute atomic E-state index is 0.0357. The second kappa shape index (κ2) is 43.7. The van der Waals surface area contributed by atoms with Gasteiger partial charge in [0.1, 0.15) is 0 Å². The highest BCUT2D eigenvalue weighted by atomic mass is 16.6. The normalized spacial score (nSPS) is 12.4. The van der Waals surface area contributed by atoms with Gasteiger partial charge in [-0.2, -0.15) is 5.26 Å². The molecule has 0 rings (SSSR count). The largest absolute Gasteiger partial charge is 0.466 e. The van der Waals surface area contributed by atoms with Gasteiger partial charge in [-0.15, -0.1) is 0 Å². The lowest BCUT2D eigenvalue weighted by Gasteiger charge is -2.22. The average Bonchev–Trinajstić information content (AvgIpc) is 3.19. The Hall–Kier alpha value is -1.89. The lowest BCUT2D eigenvalue weighted by Crippen LogP contribution is -2.35. The molecule has 0 aliphatic heterocycles. The molecule has 0 spiro atoms. The van der Waals surface area contributed by atoms with E-state index in [4.69, 9.17) is 14.7 Å². The molecule has 0 bridgehead atoms. The van der Waals surface area contributed by atoms with E-state index in [1.807, 2.05) is 25.2 Å². The zero-order valence-corrected chi connectivity index (χ0v) is 38.5. The number of guanidine groups is 1. The molecule has 2 N–H and O–H groups in total. The number of esters is 1. The zero-order valence-electron chi connectivity index (χ0n) is 38.5. The number of aliphatic hydroxyl groups excluding tert-OH is 1. The molecule has 1 atom stereocenters. The molecule has 0 aliphatic rings. The first-order chi connectivity index (χ1) is 27.9. The summed E-state index contributed by atoms with van der Waals surface area (Å²) in [6.45, 7) is 11.0. The first-order valence-corrected chi connectivity index (χ1v) is 24.5. The van der Waals surface area contributed by atoms with Crippen molar-refractivity contribution in [1.82, 2.24) is 15.1 Å². The highest BCUT2D eigenvalue weighted by molar-refractivity contribution is 5.80. The van der Waals surface area contributed by atoms with Gasteiger partial charge in [0.25, 0.3) is 0 Å². The zero-order chi connectivity index (χ0) is 41.9. The average molecular weight is 806 g/mol. The summed E-state index contributed by atoms with van der Waals surface area (Å²) in [5, 5.41) is 22.6. The fourth-order valence-electron chi connectivity index (χ4n) is 7.49. The Balaban J connectivity index is 4.48. The Morgan fingerprint density at radius 2 is 1.05 bits per heavy atom. The maximum atomic E-state index is 12.1. The van der Waals surface area contributed by atoms with E-state index in [1.54, 1.807) is 0 Å². The number of hydrogen-bond acceptors (Lipinski definition) is 7. The van der Waals surface area contributed by atoms with E-state index in [9.17, 15) is 9.90 Å². The lowest BCUT2D eigenvalue weighted by atomic mass is 10.0. The number of aliphatic hydroxyl groups is 1. The molecule has 0 amide bonds. The predicted octanol–water partition coefficient (Wildman–Crippen LogP) is 12.5. The summed E-state index contributed by atoms with van der Waals surface area (Å²) in [7, 11) is 3.79. The SMILES string of the molecule is CCCCCCCCCOC(=O)CCCCCCCN(CCCCCCCC(O)OC(CCCCCCCC)CCCCCCCC)CCN=C(NC#N)N(C)C. The van der Waals surface area contributed by atoms with Crippen LogP contribution in [-0.4, -0.2) is 86.1 Å². The monoisotopic (exact) mass is 806 g/mol. The minimum atomic E-state index is -0.637. The quantitative estimate of drug-likeness (QED) is 0.0119. The van der Waals surface area contributed by atoms with Crippen LogP contribution < -0.4 is 5.32 Å². The van der Waals surface area contributed by atoms with Crippen LogP contribution in [0.2, 0.25) is 0 Å². The van der Waals surface area contributed by atoms with Crippen molar-refractivity contribution in [2.24, 2.45) is 4.99 Å². The number of aliphatic imine (C=N–C) groups is 1. The van der Waals surface area contributed by atoms with Gasteiger partial charge in [0.05, 0.1) is 19.3 Å². The van der Waals surface area contributed by atoms with E-state index >= 15 is 0 Å². The number of hydrogen-bond donors (Lipinski definition) is 2. The van der Waals surface area contributed by atoms with E-state index < -0.39 is 6.29 Å². The van der Waals surface area contributed by atoms with Crippen LogP contribution in [0.25, 0.3) is 0 Å². The van der Waals surface area contributed by atoms with Crippen molar-refractivity contribution in [3.8, 4) is 6.19 Å². The second-order valence-electron chi connectivity index (χ2n) is 16.9. The van der Waals surface area contributed by atoms with Crippen LogP contribution in [0.4, 0.5) is 0 Å². The molecular weight excluding hydrogens is 711 g/mol. The van der Waals surface area contributed by atoms with Crippen molar-refractivity contribution in [1.29, 1.82) is 5.26 Å². The van der Waals surface area contributed by atoms with Crippen molar-refractivity contribution in [2.75, 3.05) is 46.9 Å². The summed E-state index contributed by atoms with van der Waals surface area (Å²) in [4.78, 5) is 21.1. The second-order valence-corrected chi connectivity index (χ2v) is 16.9. The topological polar surface area (TPSA) is 110 Å². The molecule has 1 unspecified atom stereocenters. The number of carbonyl (C=O) groups excluding carboxylic acids is 1. The first kappa shape index (κ1) is 55.1. The minimum Gasteiger partial charge on any atom is -0.466 e. The molecule has 0 aromatic rings. The third kappa shape index (κ3) is 39.3. The molecule has 0 saturated carbocycles. The van der Waals surface area contributed by atoms with Gasteiger partial charge in [-0.05, 0) is 64.5 Å². The third-order valence-electron chi connectivity index (χ3n) is 11.2. The van der Waals surface area contributed by atoms with E-state index in [0.29, 0.717) is 25.5 Å². The van der Waals surface area contributed by atoms with Crippen LogP contribution in [0, 0.1) is 11.5 Å². The van der Waals surface area contributed by atoms with Gasteiger partial charge in [-0.1, -0.05) is 175 Å². The number of nitrogens with zero attached hydrogens (tertiary/aromatic N) is 4. The van der Waals surface area contributed by atoms with E-state index in [-0.39, 0.29) is 12.1 Å². The number of rotatable bonds is 43. The Bertz CT molecular complexity index is 911. The molecule has 9 nitrogen and oxygen atoms in total. The van der Waals surface area contributed by atoms with Gasteiger partial charge in [-0.25, -0.2) is 0 Å². The maximum Gasteiger partial charge on any atom is 0.305 e. The highest BCUT2D eigenvalue weighted by Gasteiger charge is 2.15. The van der Waals surface area contributed by atoms with E-state index in [1.165, 1.54) is 122 Å². The van der Waals surface area contributed by atoms with Crippen LogP contribution in [-0.2, 0) is 14.3 Å². The van der Waals surface area contributed by atoms with Gasteiger partial charge >= 0.3 is 5.97 Å². The molecule has 57 heavy (non-hydrogen) atoms. The standard InChI is InChI=1S/C48H95N5O4/c1-6-9-12-15-18-27-34-43-56-46(54)37-30-23-19-25-32-40-53(42-39-50-48(51-44-49)52(4)5)41-33-26-20-24-31-38-47(55)57-45(35-28-21-16-13-10-7-2)36-29-22-17-14-11-8-3/h45,47,55H,6-43H2,1-5H3,(H,50,51). The number of unbranched alkanes of at least 4 members (excludes halogenated alkanes) is 24. The van der Waals surface area contributed by atoms with Gasteiger partial charge in [0.15, 0.2) is 12.5 Å². The number of nitrogens with one attached hydrogen (secondary N) is 1. The molecule has 0 aliphatic carbocycles. The van der Waals surface area contributed by atoms with Crippen molar-refractivity contribution < 1.29 is 19.4 Å². The van der Waals surface area contributed by atoms with Crippen LogP contribution in [0.3, 0.4) is 0 Å². The number of nitriles is 1. The molecule has 0 fully saturated rings. The van der Waals surface area contributed by atoms with Gasteiger partial charge in [-0.3, -0.25) is 15.1 Å². The van der Waals surface area contributed by atoms with Gasteiger partial charge < -0.3 is 24.4 Å². The van der Waals surface area contributed by atoms with Crippen molar-refractivity contribution >= 4 is 11.9 Å². The van der Waals surface area contributed by atoms with Crippen molar-refractivity contribution in [3.05, 3.63) is 0 Å². The molecule has 0 aromatic carbocycles. The summed E-state index contributed by atoms with van der Waals surface area (Å²) >= 11 is 0. The third-order valence-corrected chi connectivity index (χ3v) is 11.2. The molecular formula is C48H95N5O4. The molecule has 0 aromatic heterocycles. The van der Waals surface area contributed by atoms with E-state index in [2.05, 4.69) is 36.0 Å². The molecule has 0 saturated heterocycles. The molecule has 9 heteroatoms. The molecule has 0 heterocycles. The van der Waals surface area contributed by atoms with Gasteiger partial charge in [0.2, 0.25) is 5.96 Å². The van der Waals surface area contributed by atoms with Crippen LogP contribution in [0.5, 0.6) is 0 Å². The number of ether oxygens (including phenoxy) is 2. The highest BCUT2D eigenvalue weighted by Crippen LogP contribution is 2.20. The summed E-state index contributed by atoms with van der Waals surface area (Å²) in [6, 6.07) is 0. The van der Waals surface area contributed by atoms with Crippen molar-refractivity contribution in [2.45, 2.75) is 245 Å². The summed E-state index contributed by atoms with van der Waals surface area (Å²) in [6.07, 6.45) is 40.3. The van der Waals surface area contributed by atoms with Crippen LogP contribution in [0.15, 0.2) is 4.99 Å². The maximum absolute atomic E-state index is 12.1. The first-order valence-electron chi connectivity index (χ1n) is 24.5. The fourth-order valence-corrected chi connectivity index (χ4v) is 7.49. The fraction of sp³-hybridized carbons (Fsp3) is 0.938. The Morgan fingerprint density at radius 1 is 0.614 bits per heavy atom. The Labute approximate surface area is 353 Å². The summed E-state index contributed by atoms with van der Waals surface area (Å²) < 4.78 is 11.7. The van der Waals surface area contributed by atoms with E-state index in [0.717, 1.165) is 103 Å². The summed E-state index contributed by atoms with van der Waals surface area (Å²) in [5.41, 5.74) is 0. The Morgan fingerprint density at radius 3 is 1.54 bits per heavy atom. The Kier molecular flexibility index (Phi) is 42.2. The van der Waals surface area contributed by atoms with Gasteiger partial charge in [0, 0.05) is 27.1 Å². The summed E-state index contributed by atoms with van der Waals surface area (Å²) in [5.74, 6) is 0.562. The number of carbonyl (C=O) groups is 1. The van der Waals surface area contributed by atoms with Crippen LogP contribution >= 0.6 is 0 Å². The van der Waals surface area contributed by atoms with Crippen LogP contribution in [0.1, 0.15) is 233 Å². The molecule has 336 valence electrons. The predicted molar refractivity (Wildman–Crippen MR) is 242 cm³/mol. The lowest BCUT2D eigenvalue weighted by molar-refractivity contribution is -0.144. The van der Waals surface area contributed by atoms with Crippen molar-refractivity contribution in [3.63, 3.8) is 0 Å². The smallest absolute Gasteiger partial charge is 0.305 e.